The Morgan fingerprint density at radius 1 is 1.04 bits per heavy atom. The Morgan fingerprint density at radius 3 is 2.32 bits per heavy atom. The topological polar surface area (TPSA) is 41.6 Å². The fourth-order valence-corrected chi connectivity index (χ4v) is 4.00. The summed E-state index contributed by atoms with van der Waals surface area (Å²) in [5.74, 6) is 0.0799. The molecule has 0 spiro atoms. The van der Waals surface area contributed by atoms with Gasteiger partial charge in [-0.05, 0) is 63.4 Å². The number of nitrogens with zero attached hydrogens (tertiary/aromatic N) is 1. The van der Waals surface area contributed by atoms with Gasteiger partial charge in [0.05, 0.1) is 12.7 Å². The van der Waals surface area contributed by atoms with E-state index in [1.54, 1.807) is 0 Å². The van der Waals surface area contributed by atoms with Crippen LogP contribution in [0.15, 0.2) is 48.5 Å². The van der Waals surface area contributed by atoms with Crippen molar-refractivity contribution in [2.24, 2.45) is 0 Å². The van der Waals surface area contributed by atoms with E-state index in [1.165, 1.54) is 0 Å². The molecule has 1 heterocycles. The zero-order chi connectivity index (χ0) is 20.1. The van der Waals surface area contributed by atoms with E-state index in [-0.39, 0.29) is 24.1 Å². The Bertz CT molecular complexity index is 787. The number of carbonyl (C=O) groups is 1. The van der Waals surface area contributed by atoms with Gasteiger partial charge >= 0.3 is 0 Å². The van der Waals surface area contributed by atoms with Gasteiger partial charge in [-0.15, -0.1) is 0 Å². The van der Waals surface area contributed by atoms with E-state index in [2.05, 4.69) is 45.1 Å². The Hall–Kier alpha value is -2.17. The van der Waals surface area contributed by atoms with E-state index in [9.17, 15) is 4.79 Å². The summed E-state index contributed by atoms with van der Waals surface area (Å²) >= 11 is 0. The summed E-state index contributed by atoms with van der Waals surface area (Å²) in [5, 5.41) is 3.34. The van der Waals surface area contributed by atoms with Crippen molar-refractivity contribution in [3.05, 3.63) is 59.7 Å². The lowest BCUT2D eigenvalue weighted by Gasteiger charge is -2.31. The Labute approximate surface area is 168 Å². The summed E-state index contributed by atoms with van der Waals surface area (Å²) in [6.45, 7) is 10.8. The fourth-order valence-electron chi connectivity index (χ4n) is 4.00. The summed E-state index contributed by atoms with van der Waals surface area (Å²) in [6, 6.07) is 16.5. The smallest absolute Gasteiger partial charge is 0.254 e. The molecule has 0 aliphatic carbocycles. The highest BCUT2D eigenvalue weighted by Crippen LogP contribution is 2.30. The largest absolute Gasteiger partial charge is 0.372 e. The molecule has 4 heteroatoms. The van der Waals surface area contributed by atoms with Gasteiger partial charge < -0.3 is 15.0 Å². The second-order valence-corrected chi connectivity index (χ2v) is 8.03. The SMILES string of the molecule is CC(C)N(C(=O)c1ccccc1-c1ccccc1CO[C@H]1CCNC1)C(C)C. The quantitative estimate of drug-likeness (QED) is 0.769. The van der Waals surface area contributed by atoms with E-state index in [0.29, 0.717) is 6.61 Å². The summed E-state index contributed by atoms with van der Waals surface area (Å²) < 4.78 is 6.12. The van der Waals surface area contributed by atoms with Crippen LogP contribution in [0.5, 0.6) is 0 Å². The monoisotopic (exact) mass is 380 g/mol. The standard InChI is InChI=1S/C24H32N2O2/c1-17(2)26(18(3)4)24(27)23-12-8-7-11-22(23)21-10-6-5-9-19(21)16-28-20-13-14-25-15-20/h5-12,17-18,20,25H,13-16H2,1-4H3/t20-/m0/s1. The Morgan fingerprint density at radius 2 is 1.68 bits per heavy atom. The zero-order valence-corrected chi connectivity index (χ0v) is 17.4. The first-order chi connectivity index (χ1) is 13.5. The van der Waals surface area contributed by atoms with Gasteiger partial charge in [0.25, 0.3) is 5.91 Å². The molecule has 1 fully saturated rings. The maximum absolute atomic E-state index is 13.4. The number of ether oxygens (including phenoxy) is 1. The van der Waals surface area contributed by atoms with Crippen molar-refractivity contribution >= 4 is 5.91 Å². The van der Waals surface area contributed by atoms with E-state index >= 15 is 0 Å². The fraction of sp³-hybridized carbons (Fsp3) is 0.458. The van der Waals surface area contributed by atoms with Crippen LogP contribution in [0.1, 0.15) is 50.0 Å². The number of rotatable bonds is 7. The highest BCUT2D eigenvalue weighted by Gasteiger charge is 2.24. The first-order valence-electron chi connectivity index (χ1n) is 10.3. The normalized spacial score (nSPS) is 16.7. The first kappa shape index (κ1) is 20.6. The molecule has 150 valence electrons. The molecule has 2 aromatic rings. The first-order valence-corrected chi connectivity index (χ1v) is 10.3. The van der Waals surface area contributed by atoms with E-state index in [0.717, 1.165) is 41.8 Å². The Balaban J connectivity index is 1.93. The molecule has 1 aliphatic rings. The average Bonchev–Trinajstić information content (AvgIpc) is 3.19. The minimum atomic E-state index is 0.0799. The molecule has 3 rings (SSSR count). The van der Waals surface area contributed by atoms with Crippen molar-refractivity contribution in [3.8, 4) is 11.1 Å². The zero-order valence-electron chi connectivity index (χ0n) is 17.4. The molecule has 0 bridgehead atoms. The number of nitrogens with one attached hydrogen (secondary N) is 1. The van der Waals surface area contributed by atoms with Crippen molar-refractivity contribution in [1.82, 2.24) is 10.2 Å². The summed E-state index contributed by atoms with van der Waals surface area (Å²) in [7, 11) is 0. The van der Waals surface area contributed by atoms with E-state index in [4.69, 9.17) is 4.74 Å². The van der Waals surface area contributed by atoms with Gasteiger partial charge in [-0.25, -0.2) is 0 Å². The van der Waals surface area contributed by atoms with Crippen molar-refractivity contribution < 1.29 is 9.53 Å². The van der Waals surface area contributed by atoms with Crippen LogP contribution in [0.2, 0.25) is 0 Å². The molecule has 0 unspecified atom stereocenters. The number of amides is 1. The van der Waals surface area contributed by atoms with Crippen LogP contribution >= 0.6 is 0 Å². The van der Waals surface area contributed by atoms with Crippen LogP contribution in [0.25, 0.3) is 11.1 Å². The van der Waals surface area contributed by atoms with E-state index in [1.807, 2.05) is 41.3 Å². The molecule has 28 heavy (non-hydrogen) atoms. The van der Waals surface area contributed by atoms with Gasteiger partial charge in [-0.3, -0.25) is 4.79 Å². The van der Waals surface area contributed by atoms with Gasteiger partial charge in [0.15, 0.2) is 0 Å². The molecule has 4 nitrogen and oxygen atoms in total. The van der Waals surface area contributed by atoms with Crippen molar-refractivity contribution in [2.45, 2.75) is 58.9 Å². The lowest BCUT2D eigenvalue weighted by Crippen LogP contribution is -2.42. The maximum Gasteiger partial charge on any atom is 0.254 e. The second kappa shape index (κ2) is 9.35. The highest BCUT2D eigenvalue weighted by molar-refractivity contribution is 6.01. The highest BCUT2D eigenvalue weighted by atomic mass is 16.5. The van der Waals surface area contributed by atoms with Gasteiger partial charge in [-0.2, -0.15) is 0 Å². The molecule has 0 aromatic heterocycles. The summed E-state index contributed by atoms with van der Waals surface area (Å²) in [6.07, 6.45) is 1.32. The van der Waals surface area contributed by atoms with E-state index < -0.39 is 0 Å². The van der Waals surface area contributed by atoms with Crippen LogP contribution in [0, 0.1) is 0 Å². The maximum atomic E-state index is 13.4. The lowest BCUT2D eigenvalue weighted by atomic mass is 9.94. The van der Waals surface area contributed by atoms with Crippen molar-refractivity contribution in [3.63, 3.8) is 0 Å². The van der Waals surface area contributed by atoms with Crippen LogP contribution in [0.4, 0.5) is 0 Å². The summed E-state index contributed by atoms with van der Waals surface area (Å²) in [4.78, 5) is 15.3. The molecular weight excluding hydrogens is 348 g/mol. The molecule has 2 aromatic carbocycles. The van der Waals surface area contributed by atoms with Crippen LogP contribution < -0.4 is 5.32 Å². The molecule has 1 aliphatic heterocycles. The van der Waals surface area contributed by atoms with Gasteiger partial charge in [0.2, 0.25) is 0 Å². The number of hydrogen-bond acceptors (Lipinski definition) is 3. The molecule has 0 radical (unpaired) electrons. The summed E-state index contributed by atoms with van der Waals surface area (Å²) in [5.41, 5.74) is 3.92. The van der Waals surface area contributed by atoms with Crippen molar-refractivity contribution in [1.29, 1.82) is 0 Å². The minimum Gasteiger partial charge on any atom is -0.372 e. The van der Waals surface area contributed by atoms with Gasteiger partial charge in [0, 0.05) is 24.2 Å². The van der Waals surface area contributed by atoms with Gasteiger partial charge in [-0.1, -0.05) is 42.5 Å². The molecule has 1 saturated heterocycles. The van der Waals surface area contributed by atoms with Crippen molar-refractivity contribution in [2.75, 3.05) is 13.1 Å². The number of carbonyl (C=O) groups excluding carboxylic acids is 1. The number of hydrogen-bond donors (Lipinski definition) is 1. The third-order valence-electron chi connectivity index (χ3n) is 5.30. The predicted octanol–water partition coefficient (Wildman–Crippen LogP) is 4.49. The van der Waals surface area contributed by atoms with Crippen LogP contribution in [0.3, 0.4) is 0 Å². The predicted molar refractivity (Wildman–Crippen MR) is 114 cm³/mol. The molecular formula is C24H32N2O2. The Kier molecular flexibility index (Phi) is 6.87. The molecule has 1 amide bonds. The lowest BCUT2D eigenvalue weighted by molar-refractivity contribution is 0.0544. The molecule has 0 saturated carbocycles. The second-order valence-electron chi connectivity index (χ2n) is 8.03. The van der Waals surface area contributed by atoms with Crippen LogP contribution in [-0.4, -0.2) is 42.1 Å². The molecule has 1 N–H and O–H groups in total. The third kappa shape index (κ3) is 4.62. The average molecular weight is 381 g/mol. The third-order valence-corrected chi connectivity index (χ3v) is 5.30. The molecule has 1 atom stereocenters. The minimum absolute atomic E-state index is 0.0799. The number of benzene rings is 2. The van der Waals surface area contributed by atoms with Gasteiger partial charge in [0.1, 0.15) is 0 Å². The van der Waals surface area contributed by atoms with Crippen LogP contribution in [-0.2, 0) is 11.3 Å².